The first-order valence-electron chi connectivity index (χ1n) is 7.85. The molecule has 1 saturated heterocycles. The van der Waals surface area contributed by atoms with Gasteiger partial charge in [0.25, 0.3) is 0 Å². The first-order valence-corrected chi connectivity index (χ1v) is 9.88. The summed E-state index contributed by atoms with van der Waals surface area (Å²) in [5.41, 5.74) is -0.971. The van der Waals surface area contributed by atoms with Crippen LogP contribution in [0, 0.1) is 0 Å². The Labute approximate surface area is 141 Å². The molecule has 1 aliphatic heterocycles. The Morgan fingerprint density at radius 1 is 1.17 bits per heavy atom. The second kappa shape index (κ2) is 6.33. The molecule has 1 atom stereocenters. The molecular formula is C16H22ClO5S+. The average Bonchev–Trinajstić information content (AvgIpc) is 2.52. The molecule has 2 fully saturated rings. The van der Waals surface area contributed by atoms with E-state index in [-0.39, 0.29) is 17.3 Å². The van der Waals surface area contributed by atoms with Crippen LogP contribution in [0.4, 0.5) is 0 Å². The van der Waals surface area contributed by atoms with Crippen molar-refractivity contribution in [1.29, 1.82) is 0 Å². The van der Waals surface area contributed by atoms with Crippen molar-refractivity contribution < 1.29 is 22.9 Å². The molecule has 1 heterocycles. The van der Waals surface area contributed by atoms with Gasteiger partial charge in [-0.05, 0) is 44.0 Å². The largest absolute Gasteiger partial charge is 0.311 e. The Hall–Kier alpha value is -0.660. The molecule has 1 aromatic rings. The number of rotatable bonds is 3. The zero-order valence-electron chi connectivity index (χ0n) is 13.1. The van der Waals surface area contributed by atoms with Crippen LogP contribution < -0.4 is 0 Å². The van der Waals surface area contributed by atoms with Crippen molar-refractivity contribution in [3.05, 3.63) is 29.3 Å². The van der Waals surface area contributed by atoms with E-state index in [4.69, 9.17) is 21.2 Å². The van der Waals surface area contributed by atoms with Crippen LogP contribution in [0.1, 0.15) is 39.0 Å². The SMILES string of the molecule is CC1(CS(=O)(=O)c2ccc(Cl)cc2)COC2(CCCCC2)[OH+]O1. The van der Waals surface area contributed by atoms with E-state index in [2.05, 4.69) is 4.89 Å². The van der Waals surface area contributed by atoms with E-state index in [1.165, 1.54) is 18.6 Å². The van der Waals surface area contributed by atoms with Gasteiger partial charge in [-0.2, -0.15) is 0 Å². The van der Waals surface area contributed by atoms with Crippen LogP contribution in [0.3, 0.4) is 0 Å². The van der Waals surface area contributed by atoms with E-state index < -0.39 is 21.2 Å². The molecule has 0 bridgehead atoms. The minimum atomic E-state index is -3.50. The summed E-state index contributed by atoms with van der Waals surface area (Å²) >= 11 is 5.81. The van der Waals surface area contributed by atoms with E-state index >= 15 is 0 Å². The van der Waals surface area contributed by atoms with Crippen LogP contribution in [0.15, 0.2) is 29.2 Å². The fourth-order valence-corrected chi connectivity index (χ4v) is 4.85. The second-order valence-electron chi connectivity index (χ2n) is 6.64. The van der Waals surface area contributed by atoms with Gasteiger partial charge in [0, 0.05) is 5.02 Å². The third kappa shape index (κ3) is 3.88. The number of ether oxygens (including phenoxy) is 1. The summed E-state index contributed by atoms with van der Waals surface area (Å²) in [4.78, 5) is 10.1. The first-order chi connectivity index (χ1) is 10.8. The zero-order valence-corrected chi connectivity index (χ0v) is 14.7. The van der Waals surface area contributed by atoms with Crippen LogP contribution in [-0.2, 0) is 19.5 Å². The number of sulfone groups is 1. The van der Waals surface area contributed by atoms with Crippen molar-refractivity contribution in [2.45, 2.75) is 55.3 Å². The summed E-state index contributed by atoms with van der Waals surface area (Å²) in [6.45, 7) is 1.95. The smallest absolute Gasteiger partial charge is 0.304 e. The molecule has 1 saturated carbocycles. The van der Waals surface area contributed by atoms with Crippen LogP contribution in [-0.4, -0.2) is 37.1 Å². The van der Waals surface area contributed by atoms with Gasteiger partial charge in [0.1, 0.15) is 0 Å². The average molecular weight is 362 g/mol. The molecule has 1 aliphatic carbocycles. The number of hydrogen-bond donors (Lipinski definition) is 0. The lowest BCUT2D eigenvalue weighted by atomic mass is 9.94. The van der Waals surface area contributed by atoms with Gasteiger partial charge in [-0.25, -0.2) is 13.3 Å². The molecule has 1 spiro atoms. The van der Waals surface area contributed by atoms with Gasteiger partial charge < -0.3 is 4.74 Å². The summed E-state index contributed by atoms with van der Waals surface area (Å²) in [5, 5.41) is 0.502. The van der Waals surface area contributed by atoms with Crippen LogP contribution in [0.25, 0.3) is 0 Å². The lowest BCUT2D eigenvalue weighted by molar-refractivity contribution is -0.598. The molecule has 7 heteroatoms. The quantitative estimate of drug-likeness (QED) is 0.613. The van der Waals surface area contributed by atoms with E-state index in [0.717, 1.165) is 25.7 Å². The molecule has 1 aromatic carbocycles. The molecule has 0 aromatic heterocycles. The summed E-state index contributed by atoms with van der Waals surface area (Å²) in [6.07, 6.45) is 4.99. The fourth-order valence-electron chi connectivity index (χ4n) is 3.07. The molecule has 0 amide bonds. The second-order valence-corrected chi connectivity index (χ2v) is 9.07. The Balaban J connectivity index is 1.69. The van der Waals surface area contributed by atoms with Crippen LogP contribution >= 0.6 is 11.6 Å². The van der Waals surface area contributed by atoms with Gasteiger partial charge >= 0.3 is 5.79 Å². The van der Waals surface area contributed by atoms with Crippen molar-refractivity contribution in [2.24, 2.45) is 0 Å². The molecule has 1 N–H and O–H groups in total. The maximum Gasteiger partial charge on any atom is 0.311 e. The van der Waals surface area contributed by atoms with Gasteiger partial charge in [0.2, 0.25) is 0 Å². The fraction of sp³-hybridized carbons (Fsp3) is 0.625. The highest BCUT2D eigenvalue weighted by Gasteiger charge is 2.51. The molecule has 0 radical (unpaired) electrons. The maximum absolute atomic E-state index is 12.6. The number of hydrogen-bond acceptors (Lipinski definition) is 4. The predicted octanol–water partition coefficient (Wildman–Crippen LogP) is 3.02. The highest BCUT2D eigenvalue weighted by atomic mass is 35.5. The Kier molecular flexibility index (Phi) is 4.73. The van der Waals surface area contributed by atoms with Gasteiger partial charge in [0.15, 0.2) is 15.4 Å². The zero-order chi connectivity index (χ0) is 16.6. The standard InChI is InChI=1S/C16H21ClO5S/c1-15(11-20-16(22-21-15)9-3-2-4-10-16)12-23(18,19)14-7-5-13(17)6-8-14/h5-8H,2-4,9-12H2,1H3/p+1. The van der Waals surface area contributed by atoms with Gasteiger partial charge in [-0.15, -0.1) is 4.89 Å². The molecule has 2 aliphatic rings. The van der Waals surface area contributed by atoms with E-state index in [1.807, 2.05) is 0 Å². The highest BCUT2D eigenvalue weighted by molar-refractivity contribution is 7.91. The third-order valence-corrected chi connectivity index (χ3v) is 6.61. The normalized spacial score (nSPS) is 27.9. The summed E-state index contributed by atoms with van der Waals surface area (Å²) < 4.78 is 31.1. The maximum atomic E-state index is 12.6. The highest BCUT2D eigenvalue weighted by Crippen LogP contribution is 2.37. The third-order valence-electron chi connectivity index (χ3n) is 4.38. The van der Waals surface area contributed by atoms with E-state index in [1.54, 1.807) is 19.1 Å². The summed E-state index contributed by atoms with van der Waals surface area (Å²) in [5.74, 6) is -0.747. The van der Waals surface area contributed by atoms with Crippen molar-refractivity contribution in [3.8, 4) is 0 Å². The molecule has 3 rings (SSSR count). The topological polar surface area (TPSA) is 65.4 Å². The van der Waals surface area contributed by atoms with E-state index in [9.17, 15) is 8.42 Å². The monoisotopic (exact) mass is 361 g/mol. The Morgan fingerprint density at radius 2 is 1.83 bits per heavy atom. The molecule has 23 heavy (non-hydrogen) atoms. The molecule has 128 valence electrons. The Bertz CT molecular complexity index is 640. The van der Waals surface area contributed by atoms with Crippen LogP contribution in [0.2, 0.25) is 5.02 Å². The molecule has 1 unspecified atom stereocenters. The van der Waals surface area contributed by atoms with Crippen molar-refractivity contribution >= 4 is 21.4 Å². The van der Waals surface area contributed by atoms with Crippen molar-refractivity contribution in [1.82, 2.24) is 0 Å². The lowest BCUT2D eigenvalue weighted by Crippen LogP contribution is -2.56. The number of benzene rings is 1. The first kappa shape index (κ1) is 17.2. The molecule has 5 nitrogen and oxygen atoms in total. The summed E-state index contributed by atoms with van der Waals surface area (Å²) in [7, 11) is -3.50. The number of halogens is 1. The number of aliphatic hydroxyl groups is 1. The van der Waals surface area contributed by atoms with Gasteiger partial charge in [-0.3, -0.25) is 0 Å². The van der Waals surface area contributed by atoms with Crippen molar-refractivity contribution in [2.75, 3.05) is 12.4 Å². The van der Waals surface area contributed by atoms with Gasteiger partial charge in [0.05, 0.1) is 30.1 Å². The van der Waals surface area contributed by atoms with Crippen molar-refractivity contribution in [3.63, 3.8) is 0 Å². The minimum Gasteiger partial charge on any atom is -0.304 e. The predicted molar refractivity (Wildman–Crippen MR) is 87.0 cm³/mol. The van der Waals surface area contributed by atoms with E-state index in [0.29, 0.717) is 5.02 Å². The lowest BCUT2D eigenvalue weighted by Gasteiger charge is -2.39. The summed E-state index contributed by atoms with van der Waals surface area (Å²) in [6, 6.07) is 6.14. The molecular weight excluding hydrogens is 340 g/mol. The van der Waals surface area contributed by atoms with Gasteiger partial charge in [-0.1, -0.05) is 18.0 Å². The minimum absolute atomic E-state index is 0.179. The Morgan fingerprint density at radius 3 is 2.39 bits per heavy atom. The van der Waals surface area contributed by atoms with Crippen LogP contribution in [0.5, 0.6) is 0 Å².